The quantitative estimate of drug-likeness (QED) is 0.486. The lowest BCUT2D eigenvalue weighted by Crippen LogP contribution is -2.09. The lowest BCUT2D eigenvalue weighted by molar-refractivity contribution is 0.0392. The van der Waals surface area contributed by atoms with E-state index in [1.54, 1.807) is 30.3 Å². The van der Waals surface area contributed by atoms with Gasteiger partial charge in [0, 0.05) is 4.47 Å². The van der Waals surface area contributed by atoms with Crippen molar-refractivity contribution in [3.05, 3.63) is 49.3 Å². The van der Waals surface area contributed by atoms with Crippen LogP contribution in [-0.2, 0) is 11.3 Å². The largest absolute Gasteiger partial charge is 0.453 e. The predicted octanol–water partition coefficient (Wildman–Crippen LogP) is 5.37. The molecule has 0 spiro atoms. The molecule has 0 aliphatic heterocycles. The summed E-state index contributed by atoms with van der Waals surface area (Å²) < 4.78 is 33.9. The Kier molecular flexibility index (Phi) is 4.79. The zero-order valence-electron chi connectivity index (χ0n) is 11.3. The summed E-state index contributed by atoms with van der Waals surface area (Å²) >= 11 is 7.75. The molecule has 0 fully saturated rings. The molecule has 0 unspecified atom stereocenters. The normalized spacial score (nSPS) is 11.3. The molecule has 0 amide bonds. The highest BCUT2D eigenvalue weighted by Crippen LogP contribution is 2.33. The predicted molar refractivity (Wildman–Crippen MR) is 89.8 cm³/mol. The molecule has 3 rings (SSSR count). The molecule has 1 aromatic carbocycles. The fraction of sp³-hybridized carbons (Fsp3) is 0.143. The van der Waals surface area contributed by atoms with Gasteiger partial charge in [-0.25, -0.2) is 9.78 Å². The fourth-order valence-corrected chi connectivity index (χ4v) is 3.99. The van der Waals surface area contributed by atoms with Crippen molar-refractivity contribution < 1.29 is 18.3 Å². The number of hydrogen-bond donors (Lipinski definition) is 0. The first-order valence-electron chi connectivity index (χ1n) is 6.33. The summed E-state index contributed by atoms with van der Waals surface area (Å²) in [5.74, 6) is -0.585. The SMILES string of the molecule is O=C(OCc1nc2ccccc2n1C(F)F)c1cc(Br)c(Br)s1. The maximum Gasteiger partial charge on any atom is 0.348 e. The molecule has 4 nitrogen and oxygen atoms in total. The summed E-state index contributed by atoms with van der Waals surface area (Å²) in [5, 5.41) is 0. The van der Waals surface area contributed by atoms with Gasteiger partial charge in [0.1, 0.15) is 11.5 Å². The van der Waals surface area contributed by atoms with E-state index in [4.69, 9.17) is 4.74 Å². The third-order valence-corrected chi connectivity index (χ3v) is 6.28. The van der Waals surface area contributed by atoms with Gasteiger partial charge in [-0.2, -0.15) is 8.78 Å². The van der Waals surface area contributed by atoms with Gasteiger partial charge in [-0.3, -0.25) is 4.57 Å². The molecule has 0 radical (unpaired) electrons. The van der Waals surface area contributed by atoms with Gasteiger partial charge in [0.25, 0.3) is 0 Å². The second kappa shape index (κ2) is 6.66. The molecule has 0 aliphatic rings. The van der Waals surface area contributed by atoms with Crippen LogP contribution in [-0.4, -0.2) is 15.5 Å². The van der Waals surface area contributed by atoms with Crippen LogP contribution in [0.1, 0.15) is 22.0 Å². The Labute approximate surface area is 150 Å². The van der Waals surface area contributed by atoms with Crippen LogP contribution >= 0.6 is 43.2 Å². The summed E-state index contributed by atoms with van der Waals surface area (Å²) in [6, 6.07) is 8.15. The van der Waals surface area contributed by atoms with Crippen molar-refractivity contribution in [3.63, 3.8) is 0 Å². The van der Waals surface area contributed by atoms with Crippen molar-refractivity contribution >= 4 is 60.2 Å². The van der Waals surface area contributed by atoms with E-state index in [2.05, 4.69) is 36.8 Å². The van der Waals surface area contributed by atoms with Crippen LogP contribution in [0.3, 0.4) is 0 Å². The first kappa shape index (κ1) is 16.5. The van der Waals surface area contributed by atoms with Crippen molar-refractivity contribution in [2.45, 2.75) is 13.2 Å². The Morgan fingerprint density at radius 1 is 1.35 bits per heavy atom. The topological polar surface area (TPSA) is 44.1 Å². The van der Waals surface area contributed by atoms with E-state index in [9.17, 15) is 13.6 Å². The summed E-state index contributed by atoms with van der Waals surface area (Å²) in [7, 11) is 0. The maximum atomic E-state index is 13.3. The Balaban J connectivity index is 1.84. The van der Waals surface area contributed by atoms with Crippen molar-refractivity contribution in [1.29, 1.82) is 0 Å². The minimum atomic E-state index is -2.76. The van der Waals surface area contributed by atoms with E-state index in [0.29, 0.717) is 15.9 Å². The fourth-order valence-electron chi connectivity index (χ4n) is 2.06. The van der Waals surface area contributed by atoms with Crippen LogP contribution in [0.2, 0.25) is 0 Å². The molecule has 23 heavy (non-hydrogen) atoms. The van der Waals surface area contributed by atoms with Crippen LogP contribution in [0.25, 0.3) is 11.0 Å². The van der Waals surface area contributed by atoms with Gasteiger partial charge in [0.05, 0.1) is 14.8 Å². The van der Waals surface area contributed by atoms with E-state index < -0.39 is 12.5 Å². The number of hydrogen-bond acceptors (Lipinski definition) is 4. The van der Waals surface area contributed by atoms with Crippen LogP contribution in [0, 0.1) is 0 Å². The van der Waals surface area contributed by atoms with Crippen LogP contribution in [0.4, 0.5) is 8.78 Å². The number of aromatic nitrogens is 2. The summed E-state index contributed by atoms with van der Waals surface area (Å²) in [6.07, 6.45) is 0. The van der Waals surface area contributed by atoms with Gasteiger partial charge >= 0.3 is 12.5 Å². The van der Waals surface area contributed by atoms with Crippen molar-refractivity contribution in [2.24, 2.45) is 0 Å². The van der Waals surface area contributed by atoms with E-state index in [-0.39, 0.29) is 12.4 Å². The number of thiophene rings is 1. The highest BCUT2D eigenvalue weighted by molar-refractivity contribution is 9.13. The number of carbonyl (C=O) groups is 1. The first-order chi connectivity index (χ1) is 11.0. The monoisotopic (exact) mass is 464 g/mol. The van der Waals surface area contributed by atoms with Gasteiger partial charge < -0.3 is 4.74 Å². The molecule has 0 atom stereocenters. The number of esters is 1. The number of nitrogens with zero attached hydrogens (tertiary/aromatic N) is 2. The average Bonchev–Trinajstić information content (AvgIpc) is 3.05. The van der Waals surface area contributed by atoms with Crippen molar-refractivity contribution in [3.8, 4) is 0 Å². The highest BCUT2D eigenvalue weighted by Gasteiger charge is 2.20. The molecular formula is C14H8Br2F2N2O2S. The average molecular weight is 466 g/mol. The number of benzene rings is 1. The van der Waals surface area contributed by atoms with Gasteiger partial charge in [0.2, 0.25) is 0 Å². The van der Waals surface area contributed by atoms with Crippen LogP contribution in [0.5, 0.6) is 0 Å². The number of rotatable bonds is 4. The van der Waals surface area contributed by atoms with Crippen molar-refractivity contribution in [1.82, 2.24) is 9.55 Å². The number of alkyl halides is 2. The second-order valence-electron chi connectivity index (χ2n) is 4.47. The summed E-state index contributed by atoms with van der Waals surface area (Å²) in [6.45, 7) is -3.09. The van der Waals surface area contributed by atoms with Gasteiger partial charge in [-0.1, -0.05) is 12.1 Å². The van der Waals surface area contributed by atoms with Crippen LogP contribution < -0.4 is 0 Å². The zero-order chi connectivity index (χ0) is 16.6. The standard InChI is InChI=1S/C14H8Br2F2N2O2S/c15-7-5-10(23-12(7)16)13(21)22-6-11-19-8-3-1-2-4-9(8)20(11)14(17)18/h1-5,14H,6H2. The maximum absolute atomic E-state index is 13.3. The number of fused-ring (bicyclic) bond motifs is 1. The third-order valence-electron chi connectivity index (χ3n) is 3.04. The third kappa shape index (κ3) is 3.31. The van der Waals surface area contributed by atoms with E-state index in [1.807, 2.05) is 0 Å². The molecular weight excluding hydrogens is 458 g/mol. The number of ether oxygens (including phenoxy) is 1. The van der Waals surface area contributed by atoms with E-state index >= 15 is 0 Å². The number of para-hydroxylation sites is 2. The molecule has 9 heteroatoms. The van der Waals surface area contributed by atoms with Gasteiger partial charge in [-0.05, 0) is 50.1 Å². The molecule has 2 aromatic heterocycles. The van der Waals surface area contributed by atoms with E-state index in [1.165, 1.54) is 11.3 Å². The second-order valence-corrected chi connectivity index (χ2v) is 7.70. The number of carbonyl (C=O) groups excluding carboxylic acids is 1. The zero-order valence-corrected chi connectivity index (χ0v) is 15.3. The molecule has 3 aromatic rings. The summed E-state index contributed by atoms with van der Waals surface area (Å²) in [5.41, 5.74) is 0.732. The minimum Gasteiger partial charge on any atom is -0.453 e. The van der Waals surface area contributed by atoms with Gasteiger partial charge in [-0.15, -0.1) is 11.3 Å². The molecule has 0 saturated heterocycles. The smallest absolute Gasteiger partial charge is 0.348 e. The first-order valence-corrected chi connectivity index (χ1v) is 8.73. The number of halogens is 4. The highest BCUT2D eigenvalue weighted by atomic mass is 79.9. The number of imidazole rings is 1. The molecule has 0 N–H and O–H groups in total. The van der Waals surface area contributed by atoms with Crippen molar-refractivity contribution in [2.75, 3.05) is 0 Å². The molecule has 0 aliphatic carbocycles. The van der Waals surface area contributed by atoms with Gasteiger partial charge in [0.15, 0.2) is 5.82 Å². The summed E-state index contributed by atoms with van der Waals surface area (Å²) in [4.78, 5) is 16.5. The Bertz CT molecular complexity index is 859. The van der Waals surface area contributed by atoms with Crippen LogP contribution in [0.15, 0.2) is 38.6 Å². The Morgan fingerprint density at radius 2 is 2.09 bits per heavy atom. The molecule has 2 heterocycles. The lowest BCUT2D eigenvalue weighted by atomic mass is 10.3. The molecule has 0 saturated carbocycles. The molecule has 0 bridgehead atoms. The Hall–Kier alpha value is -1.32. The Morgan fingerprint density at radius 3 is 2.74 bits per heavy atom. The van der Waals surface area contributed by atoms with E-state index in [0.717, 1.165) is 12.8 Å². The molecule has 120 valence electrons. The minimum absolute atomic E-state index is 0.00392. The lowest BCUT2D eigenvalue weighted by Gasteiger charge is -2.08.